The quantitative estimate of drug-likeness (QED) is 0.775. The van der Waals surface area contributed by atoms with Crippen LogP contribution in [-0.4, -0.2) is 43.5 Å². The van der Waals surface area contributed by atoms with Crippen LogP contribution in [0.3, 0.4) is 0 Å². The summed E-state index contributed by atoms with van der Waals surface area (Å²) >= 11 is 0. The Morgan fingerprint density at radius 1 is 1.26 bits per heavy atom. The van der Waals surface area contributed by atoms with Crippen molar-refractivity contribution in [1.82, 2.24) is 9.62 Å². The van der Waals surface area contributed by atoms with E-state index in [1.54, 1.807) is 0 Å². The van der Waals surface area contributed by atoms with Gasteiger partial charge in [0.05, 0.1) is 6.26 Å². The second-order valence-electron chi connectivity index (χ2n) is 6.29. The van der Waals surface area contributed by atoms with Crippen LogP contribution in [0.5, 0.6) is 0 Å². The largest absolute Gasteiger partial charge is 0.356 e. The standard InChI is InChI=1S/C13H28N2O3S/c1-11(2)7-9-14-12(16)8-10-15(13(3,4)5)19(6,17)18/h11H,7-10H2,1-6H3,(H,14,16). The Hall–Kier alpha value is -0.620. The smallest absolute Gasteiger partial charge is 0.221 e. The number of hydrogen-bond donors (Lipinski definition) is 1. The predicted molar refractivity (Wildman–Crippen MR) is 78.4 cm³/mol. The summed E-state index contributed by atoms with van der Waals surface area (Å²) in [5.74, 6) is 0.445. The van der Waals surface area contributed by atoms with Gasteiger partial charge in [-0.05, 0) is 33.1 Å². The van der Waals surface area contributed by atoms with Crippen molar-refractivity contribution in [2.45, 2.75) is 53.0 Å². The summed E-state index contributed by atoms with van der Waals surface area (Å²) in [5, 5.41) is 2.81. The van der Waals surface area contributed by atoms with Gasteiger partial charge in [0.15, 0.2) is 0 Å². The van der Waals surface area contributed by atoms with Gasteiger partial charge >= 0.3 is 0 Å². The first-order valence-electron chi connectivity index (χ1n) is 6.69. The van der Waals surface area contributed by atoms with Gasteiger partial charge in [-0.25, -0.2) is 8.42 Å². The Balaban J connectivity index is 4.32. The zero-order valence-corrected chi connectivity index (χ0v) is 13.8. The van der Waals surface area contributed by atoms with Gasteiger partial charge in [0.25, 0.3) is 0 Å². The van der Waals surface area contributed by atoms with Crippen LogP contribution in [0.2, 0.25) is 0 Å². The molecule has 5 nitrogen and oxygen atoms in total. The minimum absolute atomic E-state index is 0.0986. The van der Waals surface area contributed by atoms with Crippen molar-refractivity contribution < 1.29 is 13.2 Å². The zero-order chi connectivity index (χ0) is 15.3. The summed E-state index contributed by atoms with van der Waals surface area (Å²) in [4.78, 5) is 11.7. The van der Waals surface area contributed by atoms with Crippen LogP contribution in [0.4, 0.5) is 0 Å². The molecule has 1 N–H and O–H groups in total. The summed E-state index contributed by atoms with van der Waals surface area (Å²) in [6, 6.07) is 0. The Kier molecular flexibility index (Phi) is 7.00. The maximum Gasteiger partial charge on any atom is 0.221 e. The Bertz CT molecular complexity index is 383. The highest BCUT2D eigenvalue weighted by molar-refractivity contribution is 7.88. The van der Waals surface area contributed by atoms with Gasteiger partial charge in [-0.15, -0.1) is 0 Å². The van der Waals surface area contributed by atoms with E-state index in [4.69, 9.17) is 0 Å². The average molecular weight is 292 g/mol. The third-order valence-electron chi connectivity index (χ3n) is 2.73. The van der Waals surface area contributed by atoms with E-state index in [1.807, 2.05) is 20.8 Å². The molecule has 0 aromatic carbocycles. The number of carbonyl (C=O) groups is 1. The third-order valence-corrected chi connectivity index (χ3v) is 4.27. The second kappa shape index (κ2) is 7.24. The van der Waals surface area contributed by atoms with Gasteiger partial charge in [-0.2, -0.15) is 4.31 Å². The van der Waals surface area contributed by atoms with E-state index in [9.17, 15) is 13.2 Å². The van der Waals surface area contributed by atoms with Crippen LogP contribution in [0.15, 0.2) is 0 Å². The average Bonchev–Trinajstić information content (AvgIpc) is 2.12. The second-order valence-corrected chi connectivity index (χ2v) is 8.20. The molecule has 1 amide bonds. The van der Waals surface area contributed by atoms with Crippen molar-refractivity contribution in [3.05, 3.63) is 0 Å². The molecule has 0 radical (unpaired) electrons. The topological polar surface area (TPSA) is 66.5 Å². The highest BCUT2D eigenvalue weighted by Crippen LogP contribution is 2.17. The molecule has 0 aliphatic carbocycles. The molecule has 0 spiro atoms. The molecule has 0 aromatic heterocycles. The van der Waals surface area contributed by atoms with Gasteiger partial charge in [0.1, 0.15) is 0 Å². The van der Waals surface area contributed by atoms with Crippen LogP contribution in [-0.2, 0) is 14.8 Å². The molecular weight excluding hydrogens is 264 g/mol. The first-order valence-corrected chi connectivity index (χ1v) is 8.54. The van der Waals surface area contributed by atoms with Crippen molar-refractivity contribution in [1.29, 1.82) is 0 Å². The Morgan fingerprint density at radius 2 is 1.79 bits per heavy atom. The van der Waals surface area contributed by atoms with Gasteiger partial charge < -0.3 is 5.32 Å². The van der Waals surface area contributed by atoms with Gasteiger partial charge in [-0.3, -0.25) is 4.79 Å². The molecule has 0 fully saturated rings. The molecule has 0 unspecified atom stereocenters. The van der Waals surface area contributed by atoms with Crippen molar-refractivity contribution in [2.24, 2.45) is 5.92 Å². The number of sulfonamides is 1. The van der Waals surface area contributed by atoms with Crippen LogP contribution >= 0.6 is 0 Å². The SMILES string of the molecule is CC(C)CCNC(=O)CCN(C(C)(C)C)S(C)(=O)=O. The van der Waals surface area contributed by atoms with E-state index < -0.39 is 15.6 Å². The molecule has 6 heteroatoms. The fraction of sp³-hybridized carbons (Fsp3) is 0.923. The molecule has 0 aromatic rings. The minimum Gasteiger partial charge on any atom is -0.356 e. The van der Waals surface area contributed by atoms with Crippen molar-refractivity contribution >= 4 is 15.9 Å². The normalized spacial score (nSPS) is 13.1. The zero-order valence-electron chi connectivity index (χ0n) is 13.0. The highest BCUT2D eigenvalue weighted by atomic mass is 32.2. The summed E-state index contributed by atoms with van der Waals surface area (Å²) in [7, 11) is -3.30. The Labute approximate surface area is 117 Å². The molecule has 0 bridgehead atoms. The number of amides is 1. The summed E-state index contributed by atoms with van der Waals surface area (Å²) in [6.45, 7) is 10.5. The lowest BCUT2D eigenvalue weighted by Gasteiger charge is -2.33. The minimum atomic E-state index is -3.30. The fourth-order valence-electron chi connectivity index (χ4n) is 1.79. The first kappa shape index (κ1) is 18.4. The lowest BCUT2D eigenvalue weighted by Crippen LogP contribution is -2.46. The van der Waals surface area contributed by atoms with E-state index in [0.717, 1.165) is 6.42 Å². The molecule has 0 saturated carbocycles. The monoisotopic (exact) mass is 292 g/mol. The van der Waals surface area contributed by atoms with E-state index >= 15 is 0 Å². The predicted octanol–water partition coefficient (Wildman–Crippen LogP) is 1.60. The maximum atomic E-state index is 11.7. The molecular formula is C13H28N2O3S. The lowest BCUT2D eigenvalue weighted by molar-refractivity contribution is -0.121. The Morgan fingerprint density at radius 3 is 2.16 bits per heavy atom. The summed E-state index contributed by atoms with van der Waals surface area (Å²) in [5.41, 5.74) is -0.508. The van der Waals surface area contributed by atoms with E-state index in [1.165, 1.54) is 10.6 Å². The van der Waals surface area contributed by atoms with Crippen LogP contribution < -0.4 is 5.32 Å². The van der Waals surface area contributed by atoms with Crippen molar-refractivity contribution in [2.75, 3.05) is 19.3 Å². The van der Waals surface area contributed by atoms with E-state index in [0.29, 0.717) is 12.5 Å². The number of rotatable bonds is 7. The molecule has 0 saturated heterocycles. The van der Waals surface area contributed by atoms with Crippen LogP contribution in [0, 0.1) is 5.92 Å². The number of carbonyl (C=O) groups excluding carboxylic acids is 1. The summed E-state index contributed by atoms with van der Waals surface area (Å²) < 4.78 is 24.7. The third kappa shape index (κ3) is 8.21. The number of nitrogens with one attached hydrogen (secondary N) is 1. The number of nitrogens with zero attached hydrogens (tertiary/aromatic N) is 1. The highest BCUT2D eigenvalue weighted by Gasteiger charge is 2.29. The molecule has 0 atom stereocenters. The first-order chi connectivity index (χ1) is 8.44. The van der Waals surface area contributed by atoms with Gasteiger partial charge in [0, 0.05) is 25.0 Å². The number of hydrogen-bond acceptors (Lipinski definition) is 3. The summed E-state index contributed by atoms with van der Waals surface area (Å²) in [6.07, 6.45) is 2.30. The van der Waals surface area contributed by atoms with Gasteiger partial charge in [-0.1, -0.05) is 13.8 Å². The van der Waals surface area contributed by atoms with Crippen LogP contribution in [0.25, 0.3) is 0 Å². The molecule has 0 aliphatic heterocycles. The molecule has 0 aliphatic rings. The molecule has 19 heavy (non-hydrogen) atoms. The fourth-order valence-corrected chi connectivity index (χ4v) is 3.21. The maximum absolute atomic E-state index is 11.7. The lowest BCUT2D eigenvalue weighted by atomic mass is 10.1. The molecule has 0 heterocycles. The van der Waals surface area contributed by atoms with Gasteiger partial charge in [0.2, 0.25) is 15.9 Å². The molecule has 114 valence electrons. The van der Waals surface area contributed by atoms with E-state index in [-0.39, 0.29) is 18.9 Å². The molecule has 0 rings (SSSR count). The van der Waals surface area contributed by atoms with Crippen molar-refractivity contribution in [3.8, 4) is 0 Å². The van der Waals surface area contributed by atoms with E-state index in [2.05, 4.69) is 19.2 Å². The van der Waals surface area contributed by atoms with Crippen molar-refractivity contribution in [3.63, 3.8) is 0 Å². The van der Waals surface area contributed by atoms with Crippen LogP contribution in [0.1, 0.15) is 47.5 Å².